The normalized spacial score (nSPS) is 10.8. The molecule has 0 amide bonds. The summed E-state index contributed by atoms with van der Waals surface area (Å²) in [5, 5.41) is 3.37. The average Bonchev–Trinajstić information content (AvgIpc) is 2.82. The van der Waals surface area contributed by atoms with E-state index in [4.69, 9.17) is 0 Å². The Bertz CT molecular complexity index is 524. The van der Waals surface area contributed by atoms with Crippen LogP contribution >= 0.6 is 27.3 Å². The van der Waals surface area contributed by atoms with Crippen molar-refractivity contribution in [1.82, 2.24) is 5.32 Å². The summed E-state index contributed by atoms with van der Waals surface area (Å²) in [6.45, 7) is 4.06. The van der Waals surface area contributed by atoms with Crippen molar-refractivity contribution < 1.29 is 4.39 Å². The number of benzene rings is 1. The summed E-state index contributed by atoms with van der Waals surface area (Å²) in [7, 11) is 0. The van der Waals surface area contributed by atoms with Gasteiger partial charge in [0.2, 0.25) is 0 Å². The molecule has 0 aliphatic heterocycles. The molecule has 0 spiro atoms. The Morgan fingerprint density at radius 2 is 2.11 bits per heavy atom. The lowest BCUT2D eigenvalue weighted by molar-refractivity contribution is 0.622. The van der Waals surface area contributed by atoms with Gasteiger partial charge in [-0.25, -0.2) is 4.39 Å². The third-order valence-corrected chi connectivity index (χ3v) is 4.37. The molecule has 0 unspecified atom stereocenters. The fourth-order valence-corrected chi connectivity index (χ4v) is 2.89. The first-order valence-corrected chi connectivity index (χ1v) is 7.56. The Morgan fingerprint density at radius 1 is 1.28 bits per heavy atom. The minimum absolute atomic E-state index is 0.216. The van der Waals surface area contributed by atoms with Gasteiger partial charge in [-0.05, 0) is 58.7 Å². The molecule has 0 atom stereocenters. The van der Waals surface area contributed by atoms with E-state index < -0.39 is 0 Å². The second-order valence-corrected chi connectivity index (χ2v) is 6.09. The first-order chi connectivity index (χ1) is 8.70. The standard InChI is InChI=1S/C14H15BrFNS/c1-2-7-17-9-11-4-6-14(18-11)10-3-5-12(15)13(16)8-10/h3-6,8,17H,2,7,9H2,1H3. The van der Waals surface area contributed by atoms with Crippen LogP contribution in [-0.4, -0.2) is 6.54 Å². The van der Waals surface area contributed by atoms with E-state index in [1.807, 2.05) is 6.07 Å². The molecule has 96 valence electrons. The van der Waals surface area contributed by atoms with Crippen LogP contribution in [0.4, 0.5) is 4.39 Å². The van der Waals surface area contributed by atoms with Gasteiger partial charge in [0.25, 0.3) is 0 Å². The topological polar surface area (TPSA) is 12.0 Å². The smallest absolute Gasteiger partial charge is 0.138 e. The fourth-order valence-electron chi connectivity index (χ4n) is 1.67. The third kappa shape index (κ3) is 3.40. The van der Waals surface area contributed by atoms with Crippen LogP contribution in [0.3, 0.4) is 0 Å². The Balaban J connectivity index is 2.11. The summed E-state index contributed by atoms with van der Waals surface area (Å²) in [5.74, 6) is -0.216. The van der Waals surface area contributed by atoms with Gasteiger partial charge >= 0.3 is 0 Å². The summed E-state index contributed by atoms with van der Waals surface area (Å²) in [6, 6.07) is 9.40. The maximum absolute atomic E-state index is 13.5. The molecule has 1 aromatic heterocycles. The summed E-state index contributed by atoms with van der Waals surface area (Å²) < 4.78 is 14.0. The Morgan fingerprint density at radius 3 is 2.83 bits per heavy atom. The molecule has 0 aliphatic rings. The monoisotopic (exact) mass is 327 g/mol. The highest BCUT2D eigenvalue weighted by molar-refractivity contribution is 9.10. The van der Waals surface area contributed by atoms with E-state index >= 15 is 0 Å². The minimum atomic E-state index is -0.216. The maximum Gasteiger partial charge on any atom is 0.138 e. The van der Waals surface area contributed by atoms with Gasteiger partial charge in [0.1, 0.15) is 5.82 Å². The first kappa shape index (κ1) is 13.7. The van der Waals surface area contributed by atoms with Crippen LogP contribution in [0.1, 0.15) is 18.2 Å². The van der Waals surface area contributed by atoms with Crippen LogP contribution in [0.25, 0.3) is 10.4 Å². The van der Waals surface area contributed by atoms with Gasteiger partial charge in [0, 0.05) is 16.3 Å². The number of hydrogen-bond acceptors (Lipinski definition) is 2. The molecule has 1 heterocycles. The molecular formula is C14H15BrFNS. The lowest BCUT2D eigenvalue weighted by atomic mass is 10.2. The van der Waals surface area contributed by atoms with Crippen LogP contribution in [0.15, 0.2) is 34.8 Å². The molecule has 0 fully saturated rings. The minimum Gasteiger partial charge on any atom is -0.312 e. The van der Waals surface area contributed by atoms with E-state index in [0.717, 1.165) is 30.0 Å². The van der Waals surface area contributed by atoms with E-state index in [1.165, 1.54) is 4.88 Å². The first-order valence-electron chi connectivity index (χ1n) is 5.95. The van der Waals surface area contributed by atoms with Crippen molar-refractivity contribution >= 4 is 27.3 Å². The number of thiophene rings is 1. The predicted octanol–water partition coefficient (Wildman–Crippen LogP) is 4.82. The zero-order valence-corrected chi connectivity index (χ0v) is 12.6. The molecule has 2 aromatic rings. The molecule has 1 nitrogen and oxygen atoms in total. The zero-order chi connectivity index (χ0) is 13.0. The van der Waals surface area contributed by atoms with Crippen molar-refractivity contribution in [3.63, 3.8) is 0 Å². The largest absolute Gasteiger partial charge is 0.312 e. The van der Waals surface area contributed by atoms with Crippen molar-refractivity contribution in [2.45, 2.75) is 19.9 Å². The lowest BCUT2D eigenvalue weighted by Crippen LogP contribution is -2.12. The maximum atomic E-state index is 13.5. The molecule has 18 heavy (non-hydrogen) atoms. The molecule has 0 bridgehead atoms. The molecule has 0 saturated heterocycles. The number of rotatable bonds is 5. The summed E-state index contributed by atoms with van der Waals surface area (Å²) in [4.78, 5) is 2.39. The summed E-state index contributed by atoms with van der Waals surface area (Å²) >= 11 is 4.87. The van der Waals surface area contributed by atoms with Crippen molar-refractivity contribution in [2.24, 2.45) is 0 Å². The van der Waals surface area contributed by atoms with Gasteiger partial charge < -0.3 is 5.32 Å². The molecule has 0 saturated carbocycles. The second-order valence-electron chi connectivity index (χ2n) is 4.07. The van der Waals surface area contributed by atoms with E-state index in [2.05, 4.69) is 40.3 Å². The highest BCUT2D eigenvalue weighted by Crippen LogP contribution is 2.30. The average molecular weight is 328 g/mol. The van der Waals surface area contributed by atoms with Crippen molar-refractivity contribution in [1.29, 1.82) is 0 Å². The summed E-state index contributed by atoms with van der Waals surface area (Å²) in [5.41, 5.74) is 0.933. The van der Waals surface area contributed by atoms with Gasteiger partial charge in [-0.2, -0.15) is 0 Å². The van der Waals surface area contributed by atoms with Gasteiger partial charge in [0.05, 0.1) is 4.47 Å². The number of halogens is 2. The zero-order valence-electron chi connectivity index (χ0n) is 10.2. The molecular weight excluding hydrogens is 313 g/mol. The highest BCUT2D eigenvalue weighted by atomic mass is 79.9. The quantitative estimate of drug-likeness (QED) is 0.776. The van der Waals surface area contributed by atoms with E-state index in [1.54, 1.807) is 23.5 Å². The van der Waals surface area contributed by atoms with Gasteiger partial charge in [0.15, 0.2) is 0 Å². The lowest BCUT2D eigenvalue weighted by Gasteiger charge is -2.00. The van der Waals surface area contributed by atoms with Crippen LogP contribution in [-0.2, 0) is 6.54 Å². The van der Waals surface area contributed by atoms with Crippen molar-refractivity contribution in [3.05, 3.63) is 45.5 Å². The van der Waals surface area contributed by atoms with Crippen molar-refractivity contribution in [3.8, 4) is 10.4 Å². The Hall–Kier alpha value is -0.710. The van der Waals surface area contributed by atoms with Crippen molar-refractivity contribution in [2.75, 3.05) is 6.54 Å². The highest BCUT2D eigenvalue weighted by Gasteiger charge is 2.06. The third-order valence-electron chi connectivity index (χ3n) is 2.59. The van der Waals surface area contributed by atoms with Crippen LogP contribution in [0.2, 0.25) is 0 Å². The fraction of sp³-hybridized carbons (Fsp3) is 0.286. The number of hydrogen-bond donors (Lipinski definition) is 1. The second kappa shape index (κ2) is 6.45. The van der Waals surface area contributed by atoms with Gasteiger partial charge in [-0.3, -0.25) is 0 Å². The molecule has 2 rings (SSSR count). The molecule has 1 aromatic carbocycles. The van der Waals surface area contributed by atoms with Crippen LogP contribution < -0.4 is 5.32 Å². The molecule has 0 aliphatic carbocycles. The molecule has 0 radical (unpaired) electrons. The van der Waals surface area contributed by atoms with Gasteiger partial charge in [-0.15, -0.1) is 11.3 Å². The predicted molar refractivity (Wildman–Crippen MR) is 79.4 cm³/mol. The van der Waals surface area contributed by atoms with Crippen LogP contribution in [0, 0.1) is 5.82 Å². The van der Waals surface area contributed by atoms with Crippen LogP contribution in [0.5, 0.6) is 0 Å². The Kier molecular flexibility index (Phi) is 4.92. The van der Waals surface area contributed by atoms with E-state index in [-0.39, 0.29) is 5.82 Å². The molecule has 1 N–H and O–H groups in total. The molecule has 4 heteroatoms. The van der Waals surface area contributed by atoms with E-state index in [0.29, 0.717) is 4.47 Å². The van der Waals surface area contributed by atoms with Gasteiger partial charge in [-0.1, -0.05) is 13.0 Å². The Labute approximate surface area is 119 Å². The number of nitrogens with one attached hydrogen (secondary N) is 1. The SMILES string of the molecule is CCCNCc1ccc(-c2ccc(Br)c(F)c2)s1. The summed E-state index contributed by atoms with van der Waals surface area (Å²) in [6.07, 6.45) is 1.14. The van der Waals surface area contributed by atoms with E-state index in [9.17, 15) is 4.39 Å².